The van der Waals surface area contributed by atoms with Crippen LogP contribution in [0.4, 0.5) is 0 Å². The molecule has 0 radical (unpaired) electrons. The molecule has 0 aromatic carbocycles. The Balaban J connectivity index is 3.59. The first-order chi connectivity index (χ1) is 27.0. The number of unbranched alkanes of at least 4 members (excludes halogenated alkanes) is 25. The van der Waals surface area contributed by atoms with Gasteiger partial charge in [-0.3, -0.25) is 9.59 Å². The van der Waals surface area contributed by atoms with Gasteiger partial charge in [-0.1, -0.05) is 178 Å². The summed E-state index contributed by atoms with van der Waals surface area (Å²) in [4.78, 5) is 24.4. The zero-order valence-corrected chi connectivity index (χ0v) is 36.1. The topological polar surface area (TPSA) is 95.9 Å². The summed E-state index contributed by atoms with van der Waals surface area (Å²) in [7, 11) is 0. The standard InChI is InChI=1S/C49H89NO5/c1-3-5-7-9-11-13-15-17-18-19-20-21-23-27-31-35-39-43-49(54)55-44-40-36-32-28-24-26-30-34-38-42-48(53)50-46(45-51)47(52)41-37-33-29-25-22-16-14-12-10-8-6-4-2/h11,13,17-18,26,30,37,41,46-47,51-52H,3-10,12,14-16,19-25,27-29,31-36,38-40,42-45H2,1-2H3,(H,50,53)/b13-11-,18-17-,30-26-,41-37+. The Morgan fingerprint density at radius 3 is 1.47 bits per heavy atom. The molecule has 0 spiro atoms. The first-order valence-corrected chi connectivity index (χ1v) is 23.4. The molecule has 0 fully saturated rings. The number of ether oxygens (including phenoxy) is 1. The van der Waals surface area contributed by atoms with E-state index in [0.717, 1.165) is 77.0 Å². The van der Waals surface area contributed by atoms with Crippen LogP contribution in [0.1, 0.15) is 226 Å². The molecule has 55 heavy (non-hydrogen) atoms. The maximum atomic E-state index is 12.4. The molecule has 6 nitrogen and oxygen atoms in total. The number of rotatable bonds is 42. The SMILES string of the molecule is CCCCC/C=C\C/C=C\CCCCCCCCCC(=O)OCCCCCC/C=C\CCCC(=O)NC(CO)C(O)/C=C/CCCCCCCCCCCC. The molecule has 2 atom stereocenters. The number of allylic oxidation sites excluding steroid dienone is 7. The van der Waals surface area contributed by atoms with Crippen LogP contribution in [0.2, 0.25) is 0 Å². The van der Waals surface area contributed by atoms with Crippen molar-refractivity contribution in [3.05, 3.63) is 48.6 Å². The molecular weight excluding hydrogens is 683 g/mol. The van der Waals surface area contributed by atoms with Gasteiger partial charge < -0.3 is 20.3 Å². The summed E-state index contributed by atoms with van der Waals surface area (Å²) in [5.74, 6) is -0.179. The summed E-state index contributed by atoms with van der Waals surface area (Å²) < 4.78 is 5.43. The van der Waals surface area contributed by atoms with Crippen LogP contribution in [-0.4, -0.2) is 47.4 Å². The van der Waals surface area contributed by atoms with E-state index < -0.39 is 12.1 Å². The lowest BCUT2D eigenvalue weighted by atomic mass is 10.1. The van der Waals surface area contributed by atoms with E-state index in [1.807, 2.05) is 6.08 Å². The zero-order chi connectivity index (χ0) is 40.1. The van der Waals surface area contributed by atoms with Crippen LogP contribution in [0.3, 0.4) is 0 Å². The number of carbonyl (C=O) groups is 2. The number of hydrogen-bond acceptors (Lipinski definition) is 5. The van der Waals surface area contributed by atoms with Crippen molar-refractivity contribution >= 4 is 11.9 Å². The van der Waals surface area contributed by atoms with Crippen molar-refractivity contribution in [1.29, 1.82) is 0 Å². The van der Waals surface area contributed by atoms with Crippen molar-refractivity contribution in [2.45, 2.75) is 238 Å². The first kappa shape index (κ1) is 52.8. The summed E-state index contributed by atoms with van der Waals surface area (Å²) in [6.07, 6.45) is 53.9. The number of esters is 1. The van der Waals surface area contributed by atoms with Crippen LogP contribution in [-0.2, 0) is 14.3 Å². The summed E-state index contributed by atoms with van der Waals surface area (Å²) in [6, 6.07) is -0.665. The van der Waals surface area contributed by atoms with Gasteiger partial charge in [-0.25, -0.2) is 0 Å². The molecule has 1 amide bonds. The smallest absolute Gasteiger partial charge is 0.305 e. The molecular formula is C49H89NO5. The van der Waals surface area contributed by atoms with Gasteiger partial charge in [0.05, 0.1) is 25.4 Å². The molecule has 0 bridgehead atoms. The molecule has 0 aliphatic heterocycles. The molecule has 6 heteroatoms. The van der Waals surface area contributed by atoms with E-state index in [1.165, 1.54) is 122 Å². The second kappa shape index (κ2) is 44.5. The highest BCUT2D eigenvalue weighted by atomic mass is 16.5. The molecule has 0 saturated heterocycles. The van der Waals surface area contributed by atoms with Crippen LogP contribution in [0.15, 0.2) is 48.6 Å². The molecule has 2 unspecified atom stereocenters. The van der Waals surface area contributed by atoms with Crippen LogP contribution >= 0.6 is 0 Å². The Bertz CT molecular complexity index is 942. The van der Waals surface area contributed by atoms with Crippen LogP contribution < -0.4 is 5.32 Å². The van der Waals surface area contributed by atoms with Gasteiger partial charge in [0.15, 0.2) is 0 Å². The van der Waals surface area contributed by atoms with E-state index in [1.54, 1.807) is 6.08 Å². The normalized spacial score (nSPS) is 13.2. The fourth-order valence-corrected chi connectivity index (χ4v) is 6.66. The second-order valence-electron chi connectivity index (χ2n) is 15.7. The first-order valence-electron chi connectivity index (χ1n) is 23.4. The van der Waals surface area contributed by atoms with Gasteiger partial charge in [-0.15, -0.1) is 0 Å². The van der Waals surface area contributed by atoms with Crippen molar-refractivity contribution in [1.82, 2.24) is 5.32 Å². The highest BCUT2D eigenvalue weighted by molar-refractivity contribution is 5.76. The van der Waals surface area contributed by atoms with Crippen LogP contribution in [0, 0.1) is 0 Å². The van der Waals surface area contributed by atoms with Gasteiger partial charge in [0.1, 0.15) is 0 Å². The average Bonchev–Trinajstić information content (AvgIpc) is 3.18. The lowest BCUT2D eigenvalue weighted by Crippen LogP contribution is -2.45. The molecule has 0 aliphatic carbocycles. The summed E-state index contributed by atoms with van der Waals surface area (Å²) in [5.41, 5.74) is 0. The Morgan fingerprint density at radius 1 is 0.509 bits per heavy atom. The minimum absolute atomic E-state index is 0.0473. The van der Waals surface area contributed by atoms with Crippen molar-refractivity contribution < 1.29 is 24.5 Å². The van der Waals surface area contributed by atoms with Crippen molar-refractivity contribution in [2.24, 2.45) is 0 Å². The molecule has 0 aromatic heterocycles. The van der Waals surface area contributed by atoms with E-state index in [2.05, 4.69) is 55.6 Å². The van der Waals surface area contributed by atoms with Gasteiger partial charge in [0.25, 0.3) is 0 Å². The van der Waals surface area contributed by atoms with Crippen molar-refractivity contribution in [3.8, 4) is 0 Å². The lowest BCUT2D eigenvalue weighted by molar-refractivity contribution is -0.143. The quantitative estimate of drug-likeness (QED) is 0.0326. The van der Waals surface area contributed by atoms with Crippen LogP contribution in [0.25, 0.3) is 0 Å². The fraction of sp³-hybridized carbons (Fsp3) is 0.796. The Morgan fingerprint density at radius 2 is 0.927 bits per heavy atom. The fourth-order valence-electron chi connectivity index (χ4n) is 6.66. The molecule has 0 heterocycles. The van der Waals surface area contributed by atoms with E-state index in [-0.39, 0.29) is 18.5 Å². The van der Waals surface area contributed by atoms with Gasteiger partial charge in [0, 0.05) is 12.8 Å². The second-order valence-corrected chi connectivity index (χ2v) is 15.7. The predicted octanol–water partition coefficient (Wildman–Crippen LogP) is 13.5. The number of amides is 1. The molecule has 3 N–H and O–H groups in total. The third kappa shape index (κ3) is 41.3. The van der Waals surface area contributed by atoms with E-state index >= 15 is 0 Å². The molecule has 0 aromatic rings. The highest BCUT2D eigenvalue weighted by Crippen LogP contribution is 2.13. The number of nitrogens with one attached hydrogen (secondary N) is 1. The Hall–Kier alpha value is -2.18. The predicted molar refractivity (Wildman–Crippen MR) is 236 cm³/mol. The van der Waals surface area contributed by atoms with E-state index in [4.69, 9.17) is 4.74 Å². The maximum absolute atomic E-state index is 12.4. The van der Waals surface area contributed by atoms with Gasteiger partial charge >= 0.3 is 5.97 Å². The third-order valence-corrected chi connectivity index (χ3v) is 10.3. The molecule has 320 valence electrons. The zero-order valence-electron chi connectivity index (χ0n) is 36.1. The van der Waals surface area contributed by atoms with Gasteiger partial charge in [-0.2, -0.15) is 0 Å². The Labute approximate surface area is 340 Å². The Kier molecular flexibility index (Phi) is 42.8. The molecule has 0 saturated carbocycles. The molecule has 0 rings (SSSR count). The number of carbonyl (C=O) groups excluding carboxylic acids is 2. The summed E-state index contributed by atoms with van der Waals surface area (Å²) in [6.45, 7) is 4.75. The number of aliphatic hydroxyl groups is 2. The van der Waals surface area contributed by atoms with E-state index in [0.29, 0.717) is 19.4 Å². The largest absolute Gasteiger partial charge is 0.466 e. The van der Waals surface area contributed by atoms with Crippen molar-refractivity contribution in [3.63, 3.8) is 0 Å². The van der Waals surface area contributed by atoms with E-state index in [9.17, 15) is 19.8 Å². The maximum Gasteiger partial charge on any atom is 0.305 e. The highest BCUT2D eigenvalue weighted by Gasteiger charge is 2.17. The minimum Gasteiger partial charge on any atom is -0.466 e. The van der Waals surface area contributed by atoms with Crippen molar-refractivity contribution in [2.75, 3.05) is 13.2 Å². The monoisotopic (exact) mass is 772 g/mol. The number of hydrogen-bond donors (Lipinski definition) is 3. The number of aliphatic hydroxyl groups excluding tert-OH is 2. The third-order valence-electron chi connectivity index (χ3n) is 10.3. The average molecular weight is 772 g/mol. The lowest BCUT2D eigenvalue weighted by Gasteiger charge is -2.19. The minimum atomic E-state index is -0.875. The molecule has 0 aliphatic rings. The van der Waals surface area contributed by atoms with Gasteiger partial charge in [-0.05, 0) is 83.5 Å². The van der Waals surface area contributed by atoms with Crippen LogP contribution in [0.5, 0.6) is 0 Å². The summed E-state index contributed by atoms with van der Waals surface area (Å²) in [5, 5.41) is 22.9. The summed E-state index contributed by atoms with van der Waals surface area (Å²) >= 11 is 0. The van der Waals surface area contributed by atoms with Gasteiger partial charge in [0.2, 0.25) is 5.91 Å².